The van der Waals surface area contributed by atoms with Gasteiger partial charge in [-0.3, -0.25) is 9.59 Å². The predicted molar refractivity (Wildman–Crippen MR) is 121 cm³/mol. The third kappa shape index (κ3) is 13.0. The average Bonchev–Trinajstić information content (AvgIpc) is 2.68. The number of carbonyl (C=O) groups is 2. The van der Waals surface area contributed by atoms with Crippen LogP contribution in [-0.4, -0.2) is 22.2 Å². The molecule has 0 aromatic carbocycles. The third-order valence-electron chi connectivity index (χ3n) is 6.60. The molecule has 172 valence electrons. The van der Waals surface area contributed by atoms with Crippen molar-refractivity contribution in [1.29, 1.82) is 0 Å². The molecule has 0 rings (SSSR count). The second-order valence-corrected chi connectivity index (χ2v) is 9.04. The number of carboxylic acids is 2. The Hall–Kier alpha value is -1.06. The molecule has 0 aromatic rings. The molecule has 1 atom stereocenters. The summed E-state index contributed by atoms with van der Waals surface area (Å²) < 4.78 is 0. The first-order chi connectivity index (χ1) is 13.9. The first-order valence-electron chi connectivity index (χ1n) is 12.4. The predicted octanol–water partition coefficient (Wildman–Crippen LogP) is 7.84. The Balaban J connectivity index is 3.98. The van der Waals surface area contributed by atoms with Crippen molar-refractivity contribution in [2.75, 3.05) is 0 Å². The van der Waals surface area contributed by atoms with E-state index in [2.05, 4.69) is 20.8 Å². The first kappa shape index (κ1) is 27.9. The fraction of sp³-hybridized carbons (Fsp3) is 0.920. The van der Waals surface area contributed by atoms with Crippen molar-refractivity contribution in [2.24, 2.45) is 11.3 Å². The van der Waals surface area contributed by atoms with E-state index in [1.54, 1.807) is 0 Å². The van der Waals surface area contributed by atoms with Crippen LogP contribution >= 0.6 is 0 Å². The smallest absolute Gasteiger partial charge is 0.309 e. The highest BCUT2D eigenvalue weighted by Gasteiger charge is 2.41. The lowest BCUT2D eigenvalue weighted by atomic mass is 9.67. The molecule has 0 fully saturated rings. The van der Waals surface area contributed by atoms with E-state index in [0.29, 0.717) is 6.42 Å². The quantitative estimate of drug-likeness (QED) is 0.188. The van der Waals surface area contributed by atoms with Gasteiger partial charge in [0.15, 0.2) is 0 Å². The van der Waals surface area contributed by atoms with E-state index in [9.17, 15) is 14.7 Å². The number of hydrogen-bond donors (Lipinski definition) is 2. The highest BCUT2D eigenvalue weighted by molar-refractivity contribution is 5.75. The van der Waals surface area contributed by atoms with Crippen molar-refractivity contribution in [3.8, 4) is 0 Å². The van der Waals surface area contributed by atoms with Crippen molar-refractivity contribution in [3.63, 3.8) is 0 Å². The highest BCUT2D eigenvalue weighted by atomic mass is 16.4. The van der Waals surface area contributed by atoms with E-state index in [1.165, 1.54) is 38.5 Å². The van der Waals surface area contributed by atoms with Gasteiger partial charge in [-0.05, 0) is 31.6 Å². The molecule has 0 bridgehead atoms. The van der Waals surface area contributed by atoms with Gasteiger partial charge in [0.05, 0.1) is 5.41 Å². The molecule has 0 aliphatic carbocycles. The van der Waals surface area contributed by atoms with Gasteiger partial charge in [-0.1, -0.05) is 104 Å². The van der Waals surface area contributed by atoms with Crippen LogP contribution in [0.5, 0.6) is 0 Å². The van der Waals surface area contributed by atoms with Crippen LogP contribution < -0.4 is 0 Å². The summed E-state index contributed by atoms with van der Waals surface area (Å²) in [7, 11) is 0. The van der Waals surface area contributed by atoms with Crippen LogP contribution in [-0.2, 0) is 9.59 Å². The lowest BCUT2D eigenvalue weighted by Gasteiger charge is -2.36. The lowest BCUT2D eigenvalue weighted by molar-refractivity contribution is -0.154. The van der Waals surface area contributed by atoms with Crippen LogP contribution in [0.1, 0.15) is 136 Å². The average molecular weight is 413 g/mol. The molecule has 1 unspecified atom stereocenters. The summed E-state index contributed by atoms with van der Waals surface area (Å²) in [6, 6.07) is 0. The minimum Gasteiger partial charge on any atom is -0.481 e. The number of unbranched alkanes of at least 4 members (excludes halogenated alkanes) is 11. The Kier molecular flexibility index (Phi) is 17.1. The zero-order valence-electron chi connectivity index (χ0n) is 19.5. The number of rotatable bonds is 21. The molecule has 0 radical (unpaired) electrons. The topological polar surface area (TPSA) is 74.6 Å². The maximum absolute atomic E-state index is 12.2. The third-order valence-corrected chi connectivity index (χ3v) is 6.60. The van der Waals surface area contributed by atoms with Gasteiger partial charge in [-0.25, -0.2) is 0 Å². The normalized spacial score (nSPS) is 12.8. The second-order valence-electron chi connectivity index (χ2n) is 9.04. The van der Waals surface area contributed by atoms with Crippen LogP contribution in [0, 0.1) is 11.3 Å². The summed E-state index contributed by atoms with van der Waals surface area (Å²) in [6.45, 7) is 6.46. The molecule has 0 spiro atoms. The Morgan fingerprint density at radius 1 is 0.690 bits per heavy atom. The largest absolute Gasteiger partial charge is 0.481 e. The minimum atomic E-state index is -0.685. The van der Waals surface area contributed by atoms with Gasteiger partial charge in [0.2, 0.25) is 0 Å². The van der Waals surface area contributed by atoms with Crippen molar-refractivity contribution < 1.29 is 19.8 Å². The second kappa shape index (κ2) is 17.8. The van der Waals surface area contributed by atoms with Crippen LogP contribution in [0.2, 0.25) is 0 Å². The van der Waals surface area contributed by atoms with Crippen molar-refractivity contribution in [2.45, 2.75) is 136 Å². The van der Waals surface area contributed by atoms with E-state index >= 15 is 0 Å². The van der Waals surface area contributed by atoms with E-state index in [1.807, 2.05) is 0 Å². The van der Waals surface area contributed by atoms with Crippen LogP contribution in [0.4, 0.5) is 0 Å². The fourth-order valence-electron chi connectivity index (χ4n) is 4.44. The number of hydrogen-bond acceptors (Lipinski definition) is 2. The molecule has 0 saturated carbocycles. The van der Waals surface area contributed by atoms with Gasteiger partial charge < -0.3 is 10.2 Å². The molecule has 0 aliphatic rings. The summed E-state index contributed by atoms with van der Waals surface area (Å²) in [6.07, 6.45) is 18.7. The molecule has 0 amide bonds. The van der Waals surface area contributed by atoms with Gasteiger partial charge in [-0.2, -0.15) is 0 Å². The zero-order valence-corrected chi connectivity index (χ0v) is 19.5. The lowest BCUT2D eigenvalue weighted by Crippen LogP contribution is -2.37. The highest BCUT2D eigenvalue weighted by Crippen LogP contribution is 2.41. The molecule has 4 nitrogen and oxygen atoms in total. The molecule has 0 aromatic heterocycles. The molecule has 4 heteroatoms. The molecular weight excluding hydrogens is 364 g/mol. The maximum Gasteiger partial charge on any atom is 0.309 e. The molecule has 0 heterocycles. The summed E-state index contributed by atoms with van der Waals surface area (Å²) in [5.74, 6) is -1.00. The van der Waals surface area contributed by atoms with Crippen LogP contribution in [0.25, 0.3) is 0 Å². The summed E-state index contributed by atoms with van der Waals surface area (Å²) in [5, 5.41) is 18.6. The molecule has 0 saturated heterocycles. The number of aliphatic carboxylic acids is 2. The van der Waals surface area contributed by atoms with Crippen molar-refractivity contribution in [1.82, 2.24) is 0 Å². The Labute approximate surface area is 179 Å². The van der Waals surface area contributed by atoms with E-state index < -0.39 is 17.4 Å². The minimum absolute atomic E-state index is 0.254. The molecular formula is C25H48O4. The standard InChI is InChI=1S/C25H48O4/c1-4-6-20-25(24(28)29,21-7-5-2)22(3)18-16-14-12-10-8-9-11-13-15-17-19-23(26)27/h22H,4-21H2,1-3H3,(H,26,27)(H,28,29). The van der Waals surface area contributed by atoms with E-state index in [-0.39, 0.29) is 5.92 Å². The van der Waals surface area contributed by atoms with Gasteiger partial charge in [-0.15, -0.1) is 0 Å². The first-order valence-corrected chi connectivity index (χ1v) is 12.4. The van der Waals surface area contributed by atoms with Gasteiger partial charge in [0.1, 0.15) is 0 Å². The Morgan fingerprint density at radius 2 is 1.10 bits per heavy atom. The zero-order chi connectivity index (χ0) is 22.0. The van der Waals surface area contributed by atoms with Gasteiger partial charge >= 0.3 is 11.9 Å². The van der Waals surface area contributed by atoms with Crippen molar-refractivity contribution >= 4 is 11.9 Å². The summed E-state index contributed by atoms with van der Waals surface area (Å²) in [5.41, 5.74) is -0.521. The SMILES string of the molecule is CCCCC(CCCC)(C(=O)O)C(C)CCCCCCCCCCCCC(=O)O. The van der Waals surface area contributed by atoms with E-state index in [4.69, 9.17) is 5.11 Å². The van der Waals surface area contributed by atoms with Gasteiger partial charge in [0, 0.05) is 6.42 Å². The monoisotopic (exact) mass is 412 g/mol. The number of carboxylic acid groups (broad SMARTS) is 2. The maximum atomic E-state index is 12.2. The van der Waals surface area contributed by atoms with Crippen molar-refractivity contribution in [3.05, 3.63) is 0 Å². The summed E-state index contributed by atoms with van der Waals surface area (Å²) >= 11 is 0. The Morgan fingerprint density at radius 3 is 1.48 bits per heavy atom. The fourth-order valence-corrected chi connectivity index (χ4v) is 4.44. The Bertz CT molecular complexity index is 411. The van der Waals surface area contributed by atoms with E-state index in [0.717, 1.165) is 70.6 Å². The van der Waals surface area contributed by atoms with Crippen LogP contribution in [0.15, 0.2) is 0 Å². The van der Waals surface area contributed by atoms with Gasteiger partial charge in [0.25, 0.3) is 0 Å². The van der Waals surface area contributed by atoms with Crippen LogP contribution in [0.3, 0.4) is 0 Å². The molecule has 29 heavy (non-hydrogen) atoms. The molecule has 0 aliphatic heterocycles. The molecule has 2 N–H and O–H groups in total. The summed E-state index contributed by atoms with van der Waals surface area (Å²) in [4.78, 5) is 22.6.